The summed E-state index contributed by atoms with van der Waals surface area (Å²) in [5.41, 5.74) is 8.54. The maximum absolute atomic E-state index is 6.27. The van der Waals surface area contributed by atoms with E-state index in [1.807, 2.05) is 11.7 Å². The van der Waals surface area contributed by atoms with Crippen LogP contribution in [0.1, 0.15) is 38.1 Å². The van der Waals surface area contributed by atoms with Gasteiger partial charge in [0.05, 0.1) is 28.1 Å². The first-order valence-electron chi connectivity index (χ1n) is 6.64. The zero-order valence-corrected chi connectivity index (χ0v) is 12.9. The summed E-state index contributed by atoms with van der Waals surface area (Å²) in [5, 5.41) is 4.50. The number of nitrogens with zero attached hydrogens (tertiary/aromatic N) is 2. The lowest BCUT2D eigenvalue weighted by molar-refractivity contribution is 0.0401. The summed E-state index contributed by atoms with van der Waals surface area (Å²) in [4.78, 5) is 0. The molecule has 0 amide bonds. The first-order chi connectivity index (χ1) is 8.52. The number of halogens is 1. The standard InChI is InChI=1S/C13H22BrN3O/c1-4-10-13(14)11(17(3)16-10)7-9(15)12-6-5-8(2)18-12/h8-9,12H,4-7,15H2,1-3H3. The van der Waals surface area contributed by atoms with E-state index in [0.29, 0.717) is 6.10 Å². The summed E-state index contributed by atoms with van der Waals surface area (Å²) in [6.45, 7) is 4.22. The summed E-state index contributed by atoms with van der Waals surface area (Å²) < 4.78 is 8.88. The van der Waals surface area contributed by atoms with Crippen LogP contribution in [-0.4, -0.2) is 28.0 Å². The van der Waals surface area contributed by atoms with Gasteiger partial charge in [-0.1, -0.05) is 6.92 Å². The van der Waals surface area contributed by atoms with Crippen molar-refractivity contribution in [1.29, 1.82) is 0 Å². The second-order valence-electron chi connectivity index (χ2n) is 5.12. The van der Waals surface area contributed by atoms with Crippen molar-refractivity contribution in [3.63, 3.8) is 0 Å². The molecule has 0 spiro atoms. The van der Waals surface area contributed by atoms with Crippen molar-refractivity contribution in [2.45, 2.75) is 57.8 Å². The summed E-state index contributed by atoms with van der Waals surface area (Å²) in [6.07, 6.45) is 4.46. The van der Waals surface area contributed by atoms with Gasteiger partial charge in [0.25, 0.3) is 0 Å². The Balaban J connectivity index is 2.07. The van der Waals surface area contributed by atoms with E-state index in [1.165, 1.54) is 5.69 Å². The monoisotopic (exact) mass is 315 g/mol. The molecule has 2 N–H and O–H groups in total. The Morgan fingerprint density at radius 2 is 2.28 bits per heavy atom. The van der Waals surface area contributed by atoms with E-state index in [1.54, 1.807) is 0 Å². The highest BCUT2D eigenvalue weighted by Gasteiger charge is 2.28. The Bertz CT molecular complexity index is 419. The lowest BCUT2D eigenvalue weighted by Gasteiger charge is -2.19. The van der Waals surface area contributed by atoms with Crippen molar-refractivity contribution in [3.05, 3.63) is 15.9 Å². The minimum atomic E-state index is 0.0476. The maximum Gasteiger partial charge on any atom is 0.0766 e. The van der Waals surface area contributed by atoms with E-state index in [4.69, 9.17) is 10.5 Å². The van der Waals surface area contributed by atoms with Gasteiger partial charge in [0, 0.05) is 19.5 Å². The molecule has 0 saturated carbocycles. The second kappa shape index (κ2) is 5.72. The Morgan fingerprint density at radius 1 is 1.56 bits per heavy atom. The molecule has 18 heavy (non-hydrogen) atoms. The van der Waals surface area contributed by atoms with Gasteiger partial charge < -0.3 is 10.5 Å². The summed E-state index contributed by atoms with van der Waals surface area (Å²) in [5.74, 6) is 0. The van der Waals surface area contributed by atoms with E-state index in [2.05, 4.69) is 34.9 Å². The molecule has 5 heteroatoms. The Morgan fingerprint density at radius 3 is 2.78 bits per heavy atom. The van der Waals surface area contributed by atoms with Gasteiger partial charge in [-0.05, 0) is 42.1 Å². The third kappa shape index (κ3) is 2.78. The molecule has 1 saturated heterocycles. The maximum atomic E-state index is 6.27. The highest BCUT2D eigenvalue weighted by atomic mass is 79.9. The van der Waals surface area contributed by atoms with Crippen molar-refractivity contribution in [1.82, 2.24) is 9.78 Å². The van der Waals surface area contributed by atoms with E-state index in [0.717, 1.165) is 35.8 Å². The van der Waals surface area contributed by atoms with Crippen LogP contribution in [0.25, 0.3) is 0 Å². The van der Waals surface area contributed by atoms with E-state index in [9.17, 15) is 0 Å². The summed E-state index contributed by atoms with van der Waals surface area (Å²) >= 11 is 3.63. The Hall–Kier alpha value is -0.390. The lowest BCUT2D eigenvalue weighted by atomic mass is 10.0. The highest BCUT2D eigenvalue weighted by Crippen LogP contribution is 2.26. The molecular formula is C13H22BrN3O. The zero-order valence-electron chi connectivity index (χ0n) is 11.3. The first kappa shape index (κ1) is 14.0. The van der Waals surface area contributed by atoms with Crippen LogP contribution in [0.2, 0.25) is 0 Å². The zero-order chi connectivity index (χ0) is 13.3. The van der Waals surface area contributed by atoms with Crippen LogP contribution >= 0.6 is 15.9 Å². The average Bonchev–Trinajstić information content (AvgIpc) is 2.87. The van der Waals surface area contributed by atoms with E-state index in [-0.39, 0.29) is 12.1 Å². The summed E-state index contributed by atoms with van der Waals surface area (Å²) in [6, 6.07) is 0.0476. The van der Waals surface area contributed by atoms with Crippen LogP contribution < -0.4 is 5.73 Å². The molecule has 1 fully saturated rings. The number of rotatable bonds is 4. The molecule has 0 aliphatic carbocycles. The molecule has 3 unspecified atom stereocenters. The fourth-order valence-electron chi connectivity index (χ4n) is 2.54. The van der Waals surface area contributed by atoms with Crippen molar-refractivity contribution in [2.75, 3.05) is 0 Å². The van der Waals surface area contributed by atoms with Crippen LogP contribution in [0.15, 0.2) is 4.47 Å². The number of hydrogen-bond acceptors (Lipinski definition) is 3. The van der Waals surface area contributed by atoms with Crippen LogP contribution in [-0.2, 0) is 24.6 Å². The molecule has 0 aromatic carbocycles. The smallest absolute Gasteiger partial charge is 0.0766 e. The van der Waals surface area contributed by atoms with Crippen LogP contribution in [0.5, 0.6) is 0 Å². The molecule has 3 atom stereocenters. The van der Waals surface area contributed by atoms with Gasteiger partial charge in [0.15, 0.2) is 0 Å². The highest BCUT2D eigenvalue weighted by molar-refractivity contribution is 9.10. The van der Waals surface area contributed by atoms with Crippen molar-refractivity contribution in [2.24, 2.45) is 12.8 Å². The topological polar surface area (TPSA) is 53.1 Å². The Kier molecular flexibility index (Phi) is 4.45. The number of aromatic nitrogens is 2. The second-order valence-corrected chi connectivity index (χ2v) is 5.91. The fraction of sp³-hybridized carbons (Fsp3) is 0.769. The number of ether oxygens (including phenoxy) is 1. The molecule has 1 aromatic rings. The van der Waals surface area contributed by atoms with E-state index < -0.39 is 0 Å². The van der Waals surface area contributed by atoms with Gasteiger partial charge in [-0.2, -0.15) is 5.10 Å². The molecule has 1 aliphatic heterocycles. The van der Waals surface area contributed by atoms with Gasteiger partial charge in [-0.15, -0.1) is 0 Å². The lowest BCUT2D eigenvalue weighted by Crippen LogP contribution is -2.37. The van der Waals surface area contributed by atoms with Gasteiger partial charge in [-0.3, -0.25) is 4.68 Å². The molecule has 2 rings (SSSR count). The van der Waals surface area contributed by atoms with Gasteiger partial charge in [0.1, 0.15) is 0 Å². The minimum absolute atomic E-state index is 0.0476. The van der Waals surface area contributed by atoms with E-state index >= 15 is 0 Å². The third-order valence-electron chi connectivity index (χ3n) is 3.67. The SMILES string of the molecule is CCc1nn(C)c(CC(N)C2CCC(C)O2)c1Br. The van der Waals surface area contributed by atoms with Gasteiger partial charge in [0.2, 0.25) is 0 Å². The minimum Gasteiger partial charge on any atom is -0.374 e. The number of aryl methyl sites for hydroxylation is 2. The van der Waals surface area contributed by atoms with Crippen LogP contribution in [0, 0.1) is 0 Å². The number of nitrogens with two attached hydrogens (primary N) is 1. The van der Waals surface area contributed by atoms with Crippen molar-refractivity contribution < 1.29 is 4.74 Å². The molecule has 0 radical (unpaired) electrons. The van der Waals surface area contributed by atoms with Gasteiger partial charge >= 0.3 is 0 Å². The van der Waals surface area contributed by atoms with Gasteiger partial charge in [-0.25, -0.2) is 0 Å². The molecular weight excluding hydrogens is 294 g/mol. The van der Waals surface area contributed by atoms with Crippen molar-refractivity contribution in [3.8, 4) is 0 Å². The summed E-state index contributed by atoms with van der Waals surface area (Å²) in [7, 11) is 1.98. The largest absolute Gasteiger partial charge is 0.374 e. The molecule has 1 aromatic heterocycles. The molecule has 4 nitrogen and oxygen atoms in total. The average molecular weight is 316 g/mol. The molecule has 2 heterocycles. The predicted molar refractivity (Wildman–Crippen MR) is 75.5 cm³/mol. The first-order valence-corrected chi connectivity index (χ1v) is 7.43. The quantitative estimate of drug-likeness (QED) is 0.926. The van der Waals surface area contributed by atoms with Crippen LogP contribution in [0.3, 0.4) is 0 Å². The molecule has 0 bridgehead atoms. The predicted octanol–water partition coefficient (Wildman–Crippen LogP) is 2.18. The third-order valence-corrected chi connectivity index (χ3v) is 4.59. The molecule has 102 valence electrons. The number of hydrogen-bond donors (Lipinski definition) is 1. The molecule has 1 aliphatic rings. The Labute approximate surface area is 117 Å². The normalized spacial score (nSPS) is 25.6. The fourth-order valence-corrected chi connectivity index (χ4v) is 3.32. The van der Waals surface area contributed by atoms with Crippen molar-refractivity contribution >= 4 is 15.9 Å². The van der Waals surface area contributed by atoms with Crippen LogP contribution in [0.4, 0.5) is 0 Å².